The third-order valence-corrected chi connectivity index (χ3v) is 2.86. The van der Waals surface area contributed by atoms with E-state index >= 15 is 0 Å². The van der Waals surface area contributed by atoms with Gasteiger partial charge in [0, 0.05) is 19.0 Å². The van der Waals surface area contributed by atoms with E-state index in [0.717, 1.165) is 12.8 Å². The minimum absolute atomic E-state index is 0.0125. The van der Waals surface area contributed by atoms with E-state index in [2.05, 4.69) is 5.32 Å². The first-order valence-electron chi connectivity index (χ1n) is 6.04. The van der Waals surface area contributed by atoms with E-state index in [4.69, 9.17) is 10.8 Å². The molecule has 3 amide bonds. The van der Waals surface area contributed by atoms with Crippen LogP contribution in [0, 0.1) is 0 Å². The van der Waals surface area contributed by atoms with Crippen molar-refractivity contribution >= 4 is 17.9 Å². The van der Waals surface area contributed by atoms with Crippen LogP contribution in [0.5, 0.6) is 0 Å². The molecule has 7 heteroatoms. The molecule has 0 aliphatic heterocycles. The molecule has 1 rings (SSSR count). The summed E-state index contributed by atoms with van der Waals surface area (Å²) in [5, 5.41) is 11.4. The van der Waals surface area contributed by atoms with E-state index in [0.29, 0.717) is 6.54 Å². The van der Waals surface area contributed by atoms with E-state index in [1.807, 2.05) is 6.92 Å². The highest BCUT2D eigenvalue weighted by molar-refractivity contribution is 5.83. The van der Waals surface area contributed by atoms with Crippen LogP contribution >= 0.6 is 0 Å². The second-order valence-electron chi connectivity index (χ2n) is 4.36. The average Bonchev–Trinajstić information content (AvgIpc) is 3.08. The number of nitrogens with two attached hydrogens (primary N) is 1. The van der Waals surface area contributed by atoms with E-state index in [1.165, 1.54) is 0 Å². The first kappa shape index (κ1) is 14.3. The number of carbonyl (C=O) groups is 3. The summed E-state index contributed by atoms with van der Waals surface area (Å²) in [5.41, 5.74) is 4.96. The lowest BCUT2D eigenvalue weighted by Crippen LogP contribution is -2.48. The van der Waals surface area contributed by atoms with Crippen LogP contribution in [0.3, 0.4) is 0 Å². The highest BCUT2D eigenvalue weighted by atomic mass is 16.4. The fraction of sp³-hybridized carbons (Fsp3) is 0.727. The molecule has 1 aliphatic carbocycles. The van der Waals surface area contributed by atoms with Crippen LogP contribution in [0.2, 0.25) is 0 Å². The van der Waals surface area contributed by atoms with Crippen LogP contribution in [0.15, 0.2) is 0 Å². The largest absolute Gasteiger partial charge is 0.480 e. The molecule has 7 nitrogen and oxygen atoms in total. The summed E-state index contributed by atoms with van der Waals surface area (Å²) >= 11 is 0. The molecule has 1 fully saturated rings. The number of amides is 3. The third-order valence-electron chi connectivity index (χ3n) is 2.86. The van der Waals surface area contributed by atoms with E-state index < -0.39 is 23.9 Å². The number of rotatable bonds is 7. The Morgan fingerprint density at radius 1 is 1.44 bits per heavy atom. The minimum atomic E-state index is -1.16. The zero-order valence-electron chi connectivity index (χ0n) is 10.4. The zero-order valence-corrected chi connectivity index (χ0v) is 10.4. The van der Waals surface area contributed by atoms with Gasteiger partial charge in [-0.05, 0) is 26.2 Å². The molecule has 1 saturated carbocycles. The Morgan fingerprint density at radius 3 is 2.44 bits per heavy atom. The van der Waals surface area contributed by atoms with E-state index in [9.17, 15) is 14.4 Å². The number of nitrogens with one attached hydrogen (secondary N) is 1. The molecule has 0 bridgehead atoms. The van der Waals surface area contributed by atoms with Crippen LogP contribution in [0.4, 0.5) is 4.79 Å². The Morgan fingerprint density at radius 2 is 2.06 bits per heavy atom. The van der Waals surface area contributed by atoms with Crippen LogP contribution in [-0.4, -0.2) is 46.5 Å². The zero-order chi connectivity index (χ0) is 13.7. The minimum Gasteiger partial charge on any atom is -0.480 e. The maximum Gasteiger partial charge on any atom is 0.326 e. The molecule has 0 heterocycles. The molecule has 4 N–H and O–H groups in total. The SMILES string of the molecule is CCN(C(=O)N[C@@H](CCC(N)=O)C(=O)O)C1CC1. The topological polar surface area (TPSA) is 113 Å². The Hall–Kier alpha value is -1.79. The maximum absolute atomic E-state index is 11.9. The number of aliphatic carboxylic acids is 1. The number of carboxylic acid groups (broad SMARTS) is 1. The summed E-state index contributed by atoms with van der Waals surface area (Å²) in [6, 6.07) is -1.24. The molecule has 0 saturated heterocycles. The molecule has 0 unspecified atom stereocenters. The van der Waals surface area contributed by atoms with Gasteiger partial charge in [0.15, 0.2) is 0 Å². The van der Waals surface area contributed by atoms with Crippen molar-refractivity contribution in [3.63, 3.8) is 0 Å². The van der Waals surface area contributed by atoms with Gasteiger partial charge in [-0.25, -0.2) is 9.59 Å². The fourth-order valence-electron chi connectivity index (χ4n) is 1.73. The van der Waals surface area contributed by atoms with Crippen molar-refractivity contribution < 1.29 is 19.5 Å². The number of primary amides is 1. The van der Waals surface area contributed by atoms with Crippen molar-refractivity contribution in [3.05, 3.63) is 0 Å². The van der Waals surface area contributed by atoms with Gasteiger partial charge in [0.1, 0.15) is 6.04 Å². The van der Waals surface area contributed by atoms with Gasteiger partial charge in [-0.1, -0.05) is 0 Å². The van der Waals surface area contributed by atoms with E-state index in [1.54, 1.807) is 4.90 Å². The molecule has 18 heavy (non-hydrogen) atoms. The molecule has 102 valence electrons. The molecular formula is C11H19N3O4. The van der Waals surface area contributed by atoms with Gasteiger partial charge in [0.05, 0.1) is 0 Å². The average molecular weight is 257 g/mol. The number of carbonyl (C=O) groups excluding carboxylic acids is 2. The number of nitrogens with zero attached hydrogens (tertiary/aromatic N) is 1. The van der Waals surface area contributed by atoms with Crippen molar-refractivity contribution in [3.8, 4) is 0 Å². The van der Waals surface area contributed by atoms with Gasteiger partial charge in [0.2, 0.25) is 5.91 Å². The standard InChI is InChI=1S/C11H19N3O4/c1-2-14(7-3-4-7)11(18)13-8(10(16)17)5-6-9(12)15/h7-8H,2-6H2,1H3,(H2,12,15)(H,13,18)(H,16,17)/t8-/m0/s1. The fourth-order valence-corrected chi connectivity index (χ4v) is 1.73. The highest BCUT2D eigenvalue weighted by Crippen LogP contribution is 2.26. The van der Waals surface area contributed by atoms with Gasteiger partial charge in [-0.15, -0.1) is 0 Å². The van der Waals surface area contributed by atoms with Crippen molar-refractivity contribution in [1.82, 2.24) is 10.2 Å². The van der Waals surface area contributed by atoms with Gasteiger partial charge < -0.3 is 21.1 Å². The van der Waals surface area contributed by atoms with Crippen molar-refractivity contribution in [2.45, 2.75) is 44.7 Å². The van der Waals surface area contributed by atoms with Gasteiger partial charge >= 0.3 is 12.0 Å². The number of hydrogen-bond donors (Lipinski definition) is 3. The monoisotopic (exact) mass is 257 g/mol. The van der Waals surface area contributed by atoms with Crippen LogP contribution in [0.25, 0.3) is 0 Å². The van der Waals surface area contributed by atoms with Crippen LogP contribution in [0.1, 0.15) is 32.6 Å². The molecule has 0 aromatic rings. The lowest BCUT2D eigenvalue weighted by Gasteiger charge is -2.23. The molecule has 0 radical (unpaired) electrons. The summed E-state index contributed by atoms with van der Waals surface area (Å²) in [6.07, 6.45) is 1.87. The predicted molar refractivity (Wildman–Crippen MR) is 63.8 cm³/mol. The van der Waals surface area contributed by atoms with Gasteiger partial charge in [-0.2, -0.15) is 0 Å². The van der Waals surface area contributed by atoms with Gasteiger partial charge in [0.25, 0.3) is 0 Å². The quantitative estimate of drug-likeness (QED) is 0.591. The first-order valence-corrected chi connectivity index (χ1v) is 6.04. The Balaban J connectivity index is 2.50. The summed E-state index contributed by atoms with van der Waals surface area (Å²) in [6.45, 7) is 2.38. The first-order chi connectivity index (χ1) is 8.45. The Kier molecular flexibility index (Phi) is 4.94. The number of hydrogen-bond acceptors (Lipinski definition) is 3. The lowest BCUT2D eigenvalue weighted by molar-refractivity contribution is -0.139. The molecule has 0 aromatic carbocycles. The summed E-state index contributed by atoms with van der Waals surface area (Å²) < 4.78 is 0. The summed E-state index contributed by atoms with van der Waals surface area (Å²) in [5.74, 6) is -1.73. The second kappa shape index (κ2) is 6.23. The van der Waals surface area contributed by atoms with Crippen molar-refractivity contribution in [1.29, 1.82) is 0 Å². The maximum atomic E-state index is 11.9. The second-order valence-corrected chi connectivity index (χ2v) is 4.36. The van der Waals surface area contributed by atoms with Crippen LogP contribution < -0.4 is 11.1 Å². The Labute approximate surface area is 105 Å². The van der Waals surface area contributed by atoms with E-state index in [-0.39, 0.29) is 18.9 Å². The smallest absolute Gasteiger partial charge is 0.326 e. The molecular weight excluding hydrogens is 238 g/mol. The molecule has 0 spiro atoms. The van der Waals surface area contributed by atoms with Crippen molar-refractivity contribution in [2.75, 3.05) is 6.54 Å². The number of carboxylic acids is 1. The molecule has 1 atom stereocenters. The summed E-state index contributed by atoms with van der Waals surface area (Å²) in [7, 11) is 0. The van der Waals surface area contributed by atoms with Gasteiger partial charge in [-0.3, -0.25) is 4.79 Å². The van der Waals surface area contributed by atoms with Crippen molar-refractivity contribution in [2.24, 2.45) is 5.73 Å². The lowest BCUT2D eigenvalue weighted by atomic mass is 10.1. The van der Waals surface area contributed by atoms with Crippen LogP contribution in [-0.2, 0) is 9.59 Å². The normalized spacial score (nSPS) is 15.8. The highest BCUT2D eigenvalue weighted by Gasteiger charge is 2.33. The predicted octanol–water partition coefficient (Wildman–Crippen LogP) is -0.101. The molecule has 1 aliphatic rings. The molecule has 0 aromatic heterocycles. The summed E-state index contributed by atoms with van der Waals surface area (Å²) in [4.78, 5) is 35.0. The third kappa shape index (κ3) is 4.23. The number of urea groups is 1. The Bertz CT molecular complexity index is 341.